The summed E-state index contributed by atoms with van der Waals surface area (Å²) >= 11 is 0. The van der Waals surface area contributed by atoms with Crippen molar-refractivity contribution in [2.75, 3.05) is 46.9 Å². The zero-order valence-electron chi connectivity index (χ0n) is 37.8. The zero-order chi connectivity index (χ0) is 41.2. The monoisotopic (exact) mass is 799 g/mol. The minimum absolute atomic E-state index is 0.0657. The zero-order valence-corrected chi connectivity index (χ0v) is 37.8. The molecule has 7 nitrogen and oxygen atoms in total. The molecule has 7 heteroatoms. The largest absolute Gasteiger partial charge is 0.461 e. The molecule has 0 unspecified atom stereocenters. The number of esters is 2. The number of carbonyl (C=O) groups excluding carboxylic acids is 3. The van der Waals surface area contributed by atoms with E-state index in [9.17, 15) is 14.4 Å². The van der Waals surface area contributed by atoms with Gasteiger partial charge < -0.3 is 19.3 Å². The van der Waals surface area contributed by atoms with Gasteiger partial charge in [-0.1, -0.05) is 128 Å². The number of hydrogen-bond donors (Lipinski definition) is 0. The quantitative estimate of drug-likeness (QED) is 0.0367. The topological polar surface area (TPSA) is 76.1 Å². The molecule has 0 saturated heterocycles. The first-order valence-corrected chi connectivity index (χ1v) is 24.4. The van der Waals surface area contributed by atoms with Gasteiger partial charge in [-0.3, -0.25) is 14.4 Å². The van der Waals surface area contributed by atoms with Crippen LogP contribution in [-0.2, 0) is 23.9 Å². The van der Waals surface area contributed by atoms with Gasteiger partial charge in [-0.05, 0) is 128 Å². The Morgan fingerprint density at radius 2 is 0.877 bits per heavy atom. The van der Waals surface area contributed by atoms with Crippen LogP contribution in [0, 0.1) is 23.7 Å². The van der Waals surface area contributed by atoms with Gasteiger partial charge in [0.1, 0.15) is 13.2 Å². The highest BCUT2D eigenvalue weighted by Gasteiger charge is 2.20. The fourth-order valence-corrected chi connectivity index (χ4v) is 9.06. The highest BCUT2D eigenvalue weighted by Crippen LogP contribution is 2.33. The minimum Gasteiger partial charge on any atom is -0.461 e. The second-order valence-electron chi connectivity index (χ2n) is 18.1. The second-order valence-corrected chi connectivity index (χ2v) is 18.1. The lowest BCUT2D eigenvalue weighted by Gasteiger charge is -2.26. The number of allylic oxidation sites excluding steroid dienone is 2. The summed E-state index contributed by atoms with van der Waals surface area (Å²) in [4.78, 5) is 41.7. The number of carbonyl (C=O) groups is 3. The third-order valence-corrected chi connectivity index (χ3v) is 12.6. The first-order valence-electron chi connectivity index (χ1n) is 24.4. The molecule has 2 saturated carbocycles. The lowest BCUT2D eigenvalue weighted by molar-refractivity contribution is -0.143. The summed E-state index contributed by atoms with van der Waals surface area (Å²) in [6.45, 7) is 8.09. The summed E-state index contributed by atoms with van der Waals surface area (Å²) in [5, 5.41) is 0. The summed E-state index contributed by atoms with van der Waals surface area (Å²) in [6.07, 6.45) is 42.6. The molecule has 2 aliphatic carbocycles. The van der Waals surface area contributed by atoms with Crippen LogP contribution in [0.3, 0.4) is 0 Å². The van der Waals surface area contributed by atoms with E-state index in [0.29, 0.717) is 50.2 Å². The smallest absolute Gasteiger partial charge is 0.306 e. The standard InChI is InChI=1S/C50H90N2O5/c1-5-24-44-31-35-46(36-32-44)26-22-42-56-49(54)29-17-13-9-7-11-15-19-40-52(48(53)28-21-39-51(3)4)41-20-16-12-8-10-14-18-30-50(55)57-43-23-27-47-37-33-45(25-6-2)34-38-47/h22-23,26-27,44-47H,5-21,24-25,28-43H2,1-4H3. The van der Waals surface area contributed by atoms with Gasteiger partial charge in [-0.25, -0.2) is 0 Å². The molecular formula is C50H90N2O5. The molecule has 0 aromatic rings. The van der Waals surface area contributed by atoms with E-state index in [0.717, 1.165) is 102 Å². The van der Waals surface area contributed by atoms with Gasteiger partial charge in [0, 0.05) is 32.4 Å². The predicted octanol–water partition coefficient (Wildman–Crippen LogP) is 12.8. The molecule has 0 radical (unpaired) electrons. The molecule has 2 rings (SSSR count). The Kier molecular flexibility index (Phi) is 31.0. The third kappa shape index (κ3) is 28.0. The van der Waals surface area contributed by atoms with Crippen molar-refractivity contribution in [3.8, 4) is 0 Å². The van der Waals surface area contributed by atoms with Crippen LogP contribution in [0.15, 0.2) is 24.3 Å². The van der Waals surface area contributed by atoms with Crippen molar-refractivity contribution in [3.05, 3.63) is 24.3 Å². The van der Waals surface area contributed by atoms with Crippen LogP contribution < -0.4 is 0 Å². The summed E-state index contributed by atoms with van der Waals surface area (Å²) in [5.74, 6) is 3.36. The normalized spacial score (nSPS) is 20.1. The molecule has 0 atom stereocenters. The first kappa shape index (κ1) is 51.0. The average Bonchev–Trinajstić information content (AvgIpc) is 3.20. The van der Waals surface area contributed by atoms with E-state index in [4.69, 9.17) is 9.47 Å². The summed E-state index contributed by atoms with van der Waals surface area (Å²) < 4.78 is 10.9. The van der Waals surface area contributed by atoms with Gasteiger partial charge in [0.25, 0.3) is 0 Å². The van der Waals surface area contributed by atoms with Crippen LogP contribution in [0.5, 0.6) is 0 Å². The minimum atomic E-state index is -0.0657. The number of nitrogens with zero attached hydrogens (tertiary/aromatic N) is 2. The van der Waals surface area contributed by atoms with Gasteiger partial charge in [0.15, 0.2) is 0 Å². The fraction of sp³-hybridized carbons (Fsp3) is 0.860. The lowest BCUT2D eigenvalue weighted by Crippen LogP contribution is -2.33. The van der Waals surface area contributed by atoms with Gasteiger partial charge in [0.05, 0.1) is 0 Å². The molecule has 0 aromatic carbocycles. The van der Waals surface area contributed by atoms with Crippen molar-refractivity contribution >= 4 is 17.8 Å². The summed E-state index contributed by atoms with van der Waals surface area (Å²) in [7, 11) is 4.13. The van der Waals surface area contributed by atoms with Crippen LogP contribution >= 0.6 is 0 Å². The molecule has 0 aliphatic heterocycles. The number of amides is 1. The van der Waals surface area contributed by atoms with Gasteiger partial charge >= 0.3 is 11.9 Å². The highest BCUT2D eigenvalue weighted by atomic mass is 16.5. The van der Waals surface area contributed by atoms with Gasteiger partial charge in [0.2, 0.25) is 5.91 Å². The van der Waals surface area contributed by atoms with Crippen molar-refractivity contribution in [1.82, 2.24) is 9.80 Å². The van der Waals surface area contributed by atoms with E-state index < -0.39 is 0 Å². The molecule has 0 heterocycles. The lowest BCUT2D eigenvalue weighted by atomic mass is 9.80. The third-order valence-electron chi connectivity index (χ3n) is 12.6. The molecule has 0 bridgehead atoms. The van der Waals surface area contributed by atoms with E-state index >= 15 is 0 Å². The Bertz CT molecular complexity index is 987. The summed E-state index contributed by atoms with van der Waals surface area (Å²) in [6, 6.07) is 0. The van der Waals surface area contributed by atoms with Gasteiger partial charge in [-0.2, -0.15) is 0 Å². The second kappa shape index (κ2) is 34.7. The number of rotatable bonds is 34. The molecule has 0 N–H and O–H groups in total. The number of ether oxygens (including phenoxy) is 2. The van der Waals surface area contributed by atoms with Crippen LogP contribution in [0.25, 0.3) is 0 Å². The van der Waals surface area contributed by atoms with Crippen LogP contribution in [-0.4, -0.2) is 74.6 Å². The van der Waals surface area contributed by atoms with E-state index in [1.165, 1.54) is 103 Å². The van der Waals surface area contributed by atoms with E-state index in [-0.39, 0.29) is 11.9 Å². The molecule has 2 aliphatic rings. The van der Waals surface area contributed by atoms with Crippen molar-refractivity contribution in [3.63, 3.8) is 0 Å². The molecule has 0 spiro atoms. The van der Waals surface area contributed by atoms with E-state index in [1.54, 1.807) is 0 Å². The Morgan fingerprint density at radius 3 is 1.26 bits per heavy atom. The van der Waals surface area contributed by atoms with E-state index in [2.05, 4.69) is 62.0 Å². The maximum absolute atomic E-state index is 13.1. The van der Waals surface area contributed by atoms with E-state index in [1.807, 2.05) is 0 Å². The Labute approximate surface area is 351 Å². The Morgan fingerprint density at radius 1 is 0.491 bits per heavy atom. The van der Waals surface area contributed by atoms with Crippen LogP contribution in [0.2, 0.25) is 0 Å². The maximum atomic E-state index is 13.1. The molecule has 2 fully saturated rings. The molecule has 57 heavy (non-hydrogen) atoms. The Hall–Kier alpha value is -2.15. The summed E-state index contributed by atoms with van der Waals surface area (Å²) in [5.41, 5.74) is 0. The number of unbranched alkanes of at least 4 members (excludes halogenated alkanes) is 12. The first-order chi connectivity index (χ1) is 27.8. The van der Waals surface area contributed by atoms with Crippen molar-refractivity contribution in [2.45, 2.75) is 206 Å². The molecule has 330 valence electrons. The van der Waals surface area contributed by atoms with Crippen molar-refractivity contribution < 1.29 is 23.9 Å². The van der Waals surface area contributed by atoms with Crippen molar-refractivity contribution in [2.24, 2.45) is 23.7 Å². The van der Waals surface area contributed by atoms with Crippen LogP contribution in [0.4, 0.5) is 0 Å². The SMILES string of the molecule is CCCC1CCC(C=CCOC(=O)CCCCCCCCCN(CCCCCCCCCC(=O)OCC=CC2CCC(CCC)CC2)C(=O)CCCN(C)C)CC1. The molecule has 0 aromatic heterocycles. The van der Waals surface area contributed by atoms with Crippen molar-refractivity contribution in [1.29, 1.82) is 0 Å². The highest BCUT2D eigenvalue weighted by molar-refractivity contribution is 5.76. The Balaban J connectivity index is 1.46. The molecular weight excluding hydrogens is 709 g/mol. The van der Waals surface area contributed by atoms with Gasteiger partial charge in [-0.15, -0.1) is 0 Å². The van der Waals surface area contributed by atoms with Crippen LogP contribution in [0.1, 0.15) is 206 Å². The average molecular weight is 799 g/mol. The maximum Gasteiger partial charge on any atom is 0.306 e. The number of hydrogen-bond acceptors (Lipinski definition) is 6. The molecule has 1 amide bonds. The predicted molar refractivity (Wildman–Crippen MR) is 239 cm³/mol. The fourth-order valence-electron chi connectivity index (χ4n) is 9.06.